The quantitative estimate of drug-likeness (QED) is 0.541. The molecule has 0 aromatic carbocycles. The van der Waals surface area contributed by atoms with Gasteiger partial charge in [-0.15, -0.1) is 0 Å². The second kappa shape index (κ2) is 4.93. The third-order valence-electron chi connectivity index (χ3n) is 3.35. The summed E-state index contributed by atoms with van der Waals surface area (Å²) < 4.78 is 0. The summed E-state index contributed by atoms with van der Waals surface area (Å²) in [5.41, 5.74) is 2.14. The number of hydrogen-bond acceptors (Lipinski definition) is 2. The Labute approximate surface area is 95.5 Å². The predicted octanol–water partition coefficient (Wildman–Crippen LogP) is 4.21. The summed E-state index contributed by atoms with van der Waals surface area (Å²) in [4.78, 5) is 12.2. The molecule has 0 atom stereocenters. The minimum Gasteiger partial charge on any atom is -0.294 e. The molecule has 15 heavy (non-hydrogen) atoms. The molecule has 0 bridgehead atoms. The maximum absolute atomic E-state index is 12.2. The van der Waals surface area contributed by atoms with Crippen LogP contribution in [0.25, 0.3) is 0 Å². The van der Waals surface area contributed by atoms with E-state index in [2.05, 4.69) is 5.38 Å². The molecule has 1 aliphatic carbocycles. The zero-order valence-electron chi connectivity index (χ0n) is 9.29. The van der Waals surface area contributed by atoms with Gasteiger partial charge in [0, 0.05) is 16.9 Å². The molecule has 1 aliphatic rings. The van der Waals surface area contributed by atoms with Crippen molar-refractivity contribution in [1.29, 1.82) is 0 Å². The second-order valence-electron chi connectivity index (χ2n) is 4.52. The highest BCUT2D eigenvalue weighted by molar-refractivity contribution is 7.08. The van der Waals surface area contributed by atoms with Crippen molar-refractivity contribution in [2.75, 3.05) is 0 Å². The van der Waals surface area contributed by atoms with E-state index < -0.39 is 0 Å². The lowest BCUT2D eigenvalue weighted by molar-refractivity contribution is 0.0908. The van der Waals surface area contributed by atoms with Crippen molar-refractivity contribution < 1.29 is 4.79 Å². The molecule has 1 aromatic rings. The minimum absolute atomic E-state index is 0.306. The summed E-state index contributed by atoms with van der Waals surface area (Å²) in [6, 6.07) is 0. The van der Waals surface area contributed by atoms with E-state index in [1.807, 2.05) is 12.3 Å². The van der Waals surface area contributed by atoms with Crippen LogP contribution in [-0.4, -0.2) is 5.78 Å². The van der Waals surface area contributed by atoms with E-state index in [1.54, 1.807) is 11.3 Å². The van der Waals surface area contributed by atoms with E-state index in [0.717, 1.165) is 24.0 Å². The number of hydrogen-bond donors (Lipinski definition) is 0. The number of Topliss-reactive ketones (excluding diaryl/α,β-unsaturated/α-hetero) is 1. The Bertz CT molecular complexity index is 332. The van der Waals surface area contributed by atoms with Gasteiger partial charge in [0.1, 0.15) is 0 Å². The Morgan fingerprint density at radius 2 is 1.87 bits per heavy atom. The molecule has 0 N–H and O–H groups in total. The molecule has 2 heteroatoms. The van der Waals surface area contributed by atoms with Crippen LogP contribution in [0.15, 0.2) is 10.8 Å². The molecule has 82 valence electrons. The predicted molar refractivity (Wildman–Crippen MR) is 64.6 cm³/mol. The lowest BCUT2D eigenvalue weighted by Crippen LogP contribution is -2.14. The summed E-state index contributed by atoms with van der Waals surface area (Å²) in [6.45, 7) is 2.04. The van der Waals surface area contributed by atoms with Crippen LogP contribution in [0.5, 0.6) is 0 Å². The van der Waals surface area contributed by atoms with Gasteiger partial charge in [0.05, 0.1) is 0 Å². The molecule has 1 heterocycles. The Hall–Kier alpha value is -0.630. The van der Waals surface area contributed by atoms with Gasteiger partial charge in [-0.3, -0.25) is 4.79 Å². The Morgan fingerprint density at radius 3 is 2.40 bits per heavy atom. The summed E-state index contributed by atoms with van der Waals surface area (Å²) in [6.07, 6.45) is 7.31. The second-order valence-corrected chi connectivity index (χ2v) is 5.26. The van der Waals surface area contributed by atoms with Crippen LogP contribution in [0.2, 0.25) is 0 Å². The SMILES string of the molecule is Cc1cscc1C(=O)C1CCCCCC1. The Morgan fingerprint density at radius 1 is 1.20 bits per heavy atom. The highest BCUT2D eigenvalue weighted by Crippen LogP contribution is 2.28. The molecule has 2 rings (SSSR count). The molecule has 0 saturated heterocycles. The van der Waals surface area contributed by atoms with Crippen molar-refractivity contribution in [1.82, 2.24) is 0 Å². The number of ketones is 1. The molecular weight excluding hydrogens is 204 g/mol. The largest absolute Gasteiger partial charge is 0.294 e. The van der Waals surface area contributed by atoms with Crippen LogP contribution in [-0.2, 0) is 0 Å². The first kappa shape index (κ1) is 10.9. The monoisotopic (exact) mass is 222 g/mol. The van der Waals surface area contributed by atoms with Gasteiger partial charge in [-0.2, -0.15) is 11.3 Å². The Kier molecular flexibility index (Phi) is 3.57. The average molecular weight is 222 g/mol. The van der Waals surface area contributed by atoms with Gasteiger partial charge in [0.25, 0.3) is 0 Å². The maximum atomic E-state index is 12.2. The van der Waals surface area contributed by atoms with Crippen LogP contribution in [0, 0.1) is 12.8 Å². The third kappa shape index (κ3) is 2.49. The van der Waals surface area contributed by atoms with Gasteiger partial charge >= 0.3 is 0 Å². The van der Waals surface area contributed by atoms with Crippen LogP contribution in [0.4, 0.5) is 0 Å². The molecule has 0 radical (unpaired) electrons. The van der Waals surface area contributed by atoms with Crippen LogP contribution in [0.1, 0.15) is 54.4 Å². The van der Waals surface area contributed by atoms with E-state index >= 15 is 0 Å². The molecule has 1 fully saturated rings. The summed E-state index contributed by atoms with van der Waals surface area (Å²) >= 11 is 1.64. The van der Waals surface area contributed by atoms with E-state index in [1.165, 1.54) is 25.7 Å². The van der Waals surface area contributed by atoms with E-state index in [0.29, 0.717) is 11.7 Å². The summed E-state index contributed by atoms with van der Waals surface area (Å²) in [5, 5.41) is 4.09. The number of carbonyl (C=O) groups excluding carboxylic acids is 1. The van der Waals surface area contributed by atoms with E-state index in [4.69, 9.17) is 0 Å². The molecular formula is C13H18OS. The first-order valence-corrected chi connectivity index (χ1v) is 6.80. The lowest BCUT2D eigenvalue weighted by atomic mass is 9.91. The standard InChI is InChI=1S/C13H18OS/c1-10-8-15-9-12(10)13(14)11-6-4-2-3-5-7-11/h8-9,11H,2-7H2,1H3. The van der Waals surface area contributed by atoms with Crippen molar-refractivity contribution in [2.45, 2.75) is 45.4 Å². The highest BCUT2D eigenvalue weighted by atomic mass is 32.1. The fraction of sp³-hybridized carbons (Fsp3) is 0.615. The molecule has 0 aliphatic heterocycles. The average Bonchev–Trinajstić information content (AvgIpc) is 2.53. The first-order valence-electron chi connectivity index (χ1n) is 5.86. The fourth-order valence-corrected chi connectivity index (χ4v) is 3.21. The van der Waals surface area contributed by atoms with E-state index in [-0.39, 0.29) is 0 Å². The molecule has 1 nitrogen and oxygen atoms in total. The van der Waals surface area contributed by atoms with Crippen molar-refractivity contribution in [2.24, 2.45) is 5.92 Å². The number of thiophene rings is 1. The first-order chi connectivity index (χ1) is 7.29. The minimum atomic E-state index is 0.306. The molecule has 0 unspecified atom stereocenters. The fourth-order valence-electron chi connectivity index (χ4n) is 2.37. The van der Waals surface area contributed by atoms with Gasteiger partial charge in [-0.25, -0.2) is 0 Å². The van der Waals surface area contributed by atoms with Gasteiger partial charge in [-0.1, -0.05) is 25.7 Å². The molecule has 1 saturated carbocycles. The zero-order valence-corrected chi connectivity index (χ0v) is 10.1. The van der Waals surface area contributed by atoms with Crippen LogP contribution >= 0.6 is 11.3 Å². The van der Waals surface area contributed by atoms with Crippen LogP contribution < -0.4 is 0 Å². The van der Waals surface area contributed by atoms with Crippen LogP contribution in [0.3, 0.4) is 0 Å². The molecule has 1 aromatic heterocycles. The van der Waals surface area contributed by atoms with Gasteiger partial charge in [0.15, 0.2) is 5.78 Å². The normalized spacial score (nSPS) is 18.7. The number of carbonyl (C=O) groups is 1. The van der Waals surface area contributed by atoms with Gasteiger partial charge in [0.2, 0.25) is 0 Å². The molecule has 0 spiro atoms. The Balaban J connectivity index is 2.09. The number of aryl methyl sites for hydroxylation is 1. The van der Waals surface area contributed by atoms with Gasteiger partial charge < -0.3 is 0 Å². The highest BCUT2D eigenvalue weighted by Gasteiger charge is 2.22. The summed E-state index contributed by atoms with van der Waals surface area (Å²) in [7, 11) is 0. The maximum Gasteiger partial charge on any atom is 0.167 e. The topological polar surface area (TPSA) is 17.1 Å². The van der Waals surface area contributed by atoms with Crippen molar-refractivity contribution in [3.63, 3.8) is 0 Å². The summed E-state index contributed by atoms with van der Waals surface area (Å²) in [5.74, 6) is 0.705. The smallest absolute Gasteiger partial charge is 0.167 e. The van der Waals surface area contributed by atoms with Crippen molar-refractivity contribution in [3.05, 3.63) is 21.9 Å². The number of rotatable bonds is 2. The van der Waals surface area contributed by atoms with E-state index in [9.17, 15) is 4.79 Å². The van der Waals surface area contributed by atoms with Crippen molar-refractivity contribution >= 4 is 17.1 Å². The lowest BCUT2D eigenvalue weighted by Gasteiger charge is -2.12. The van der Waals surface area contributed by atoms with Gasteiger partial charge in [-0.05, 0) is 30.7 Å². The molecule has 0 amide bonds. The van der Waals surface area contributed by atoms with Crippen molar-refractivity contribution in [3.8, 4) is 0 Å². The zero-order chi connectivity index (χ0) is 10.7. The third-order valence-corrected chi connectivity index (χ3v) is 4.21.